The van der Waals surface area contributed by atoms with E-state index >= 15 is 0 Å². The van der Waals surface area contributed by atoms with Gasteiger partial charge in [-0.2, -0.15) is 0 Å². The van der Waals surface area contributed by atoms with Gasteiger partial charge in [0.25, 0.3) is 0 Å². The number of carbonyl (C=O) groups excluding carboxylic acids is 1. The van der Waals surface area contributed by atoms with Crippen molar-refractivity contribution in [3.8, 4) is 5.75 Å². The molecule has 6 heteroatoms. The Bertz CT molecular complexity index is 439. The molecule has 1 atom stereocenters. The van der Waals surface area contributed by atoms with E-state index < -0.39 is 17.9 Å². The molecule has 0 saturated heterocycles. The maximum Gasteiger partial charge on any atom is 0.346 e. The summed E-state index contributed by atoms with van der Waals surface area (Å²) >= 11 is 0. The van der Waals surface area contributed by atoms with Crippen molar-refractivity contribution in [3.63, 3.8) is 0 Å². The van der Waals surface area contributed by atoms with E-state index in [0.29, 0.717) is 19.7 Å². The van der Waals surface area contributed by atoms with Gasteiger partial charge in [0, 0.05) is 20.2 Å². The fourth-order valence-corrected chi connectivity index (χ4v) is 1.56. The zero-order valence-electron chi connectivity index (χ0n) is 11.9. The highest BCUT2D eigenvalue weighted by molar-refractivity contribution is 5.74. The number of hydrogen-bond acceptors (Lipinski definition) is 5. The lowest BCUT2D eigenvalue weighted by molar-refractivity contribution is -0.148. The van der Waals surface area contributed by atoms with Gasteiger partial charge in [0.05, 0.1) is 13.7 Å². The molecule has 0 bridgehead atoms. The summed E-state index contributed by atoms with van der Waals surface area (Å²) < 4.78 is 28.4. The van der Waals surface area contributed by atoms with Gasteiger partial charge in [-0.15, -0.1) is 0 Å². The van der Waals surface area contributed by atoms with Crippen molar-refractivity contribution in [3.05, 3.63) is 29.6 Å². The number of benzene rings is 1. The minimum absolute atomic E-state index is 0.0311. The summed E-state index contributed by atoms with van der Waals surface area (Å²) in [5, 5.41) is 3.11. The van der Waals surface area contributed by atoms with E-state index in [0.717, 1.165) is 5.56 Å². The summed E-state index contributed by atoms with van der Waals surface area (Å²) in [5.74, 6) is -1.02. The SMILES string of the molecule is COCCNCc1ccc(OC(C)C(=O)OC)c(F)c1. The maximum absolute atomic E-state index is 13.8. The Kier molecular flexibility index (Phi) is 6.97. The molecule has 112 valence electrons. The first-order chi connectivity index (χ1) is 9.58. The average Bonchev–Trinajstić information content (AvgIpc) is 2.45. The van der Waals surface area contributed by atoms with E-state index in [1.807, 2.05) is 0 Å². The predicted octanol–water partition coefficient (Wildman–Crippen LogP) is 1.50. The van der Waals surface area contributed by atoms with E-state index in [2.05, 4.69) is 10.1 Å². The normalized spacial score (nSPS) is 12.0. The van der Waals surface area contributed by atoms with Crippen LogP contribution in [0, 0.1) is 5.82 Å². The first-order valence-electron chi connectivity index (χ1n) is 6.31. The van der Waals surface area contributed by atoms with Crippen LogP contribution in [-0.2, 0) is 20.8 Å². The van der Waals surface area contributed by atoms with Crippen molar-refractivity contribution in [2.45, 2.75) is 19.6 Å². The van der Waals surface area contributed by atoms with Crippen molar-refractivity contribution < 1.29 is 23.4 Å². The zero-order chi connectivity index (χ0) is 15.0. The van der Waals surface area contributed by atoms with E-state index in [1.54, 1.807) is 13.2 Å². The molecule has 5 nitrogen and oxygen atoms in total. The van der Waals surface area contributed by atoms with Crippen molar-refractivity contribution in [1.82, 2.24) is 5.32 Å². The highest BCUT2D eigenvalue weighted by Gasteiger charge is 2.16. The lowest BCUT2D eigenvalue weighted by Crippen LogP contribution is -2.25. The maximum atomic E-state index is 13.8. The highest BCUT2D eigenvalue weighted by Crippen LogP contribution is 2.20. The molecule has 1 aromatic rings. The van der Waals surface area contributed by atoms with Crippen LogP contribution in [0.25, 0.3) is 0 Å². The van der Waals surface area contributed by atoms with Crippen LogP contribution < -0.4 is 10.1 Å². The summed E-state index contributed by atoms with van der Waals surface area (Å²) in [7, 11) is 2.88. The molecular formula is C14H20FNO4. The van der Waals surface area contributed by atoms with Crippen molar-refractivity contribution in [2.75, 3.05) is 27.4 Å². The Morgan fingerprint density at radius 1 is 1.40 bits per heavy atom. The van der Waals surface area contributed by atoms with Crippen molar-refractivity contribution in [1.29, 1.82) is 0 Å². The number of hydrogen-bond donors (Lipinski definition) is 1. The van der Waals surface area contributed by atoms with Gasteiger partial charge in [0.1, 0.15) is 0 Å². The molecule has 0 amide bonds. The highest BCUT2D eigenvalue weighted by atomic mass is 19.1. The Hall–Kier alpha value is -1.66. The molecular weight excluding hydrogens is 265 g/mol. The van der Waals surface area contributed by atoms with Gasteiger partial charge < -0.3 is 19.5 Å². The van der Waals surface area contributed by atoms with Crippen LogP contribution in [-0.4, -0.2) is 39.4 Å². The molecule has 0 aliphatic carbocycles. The van der Waals surface area contributed by atoms with Gasteiger partial charge in [-0.1, -0.05) is 6.07 Å². The quantitative estimate of drug-likeness (QED) is 0.579. The molecule has 0 radical (unpaired) electrons. The first kappa shape index (κ1) is 16.4. The number of nitrogens with one attached hydrogen (secondary N) is 1. The average molecular weight is 285 g/mol. The van der Waals surface area contributed by atoms with Gasteiger partial charge >= 0.3 is 5.97 Å². The third kappa shape index (κ3) is 5.14. The van der Waals surface area contributed by atoms with Gasteiger partial charge in [0.15, 0.2) is 17.7 Å². The lowest BCUT2D eigenvalue weighted by atomic mass is 10.2. The van der Waals surface area contributed by atoms with E-state index in [4.69, 9.17) is 9.47 Å². The lowest BCUT2D eigenvalue weighted by Gasteiger charge is -2.13. The van der Waals surface area contributed by atoms with E-state index in [-0.39, 0.29) is 5.75 Å². The Labute approximate surface area is 118 Å². The Morgan fingerprint density at radius 2 is 2.15 bits per heavy atom. The molecule has 0 aliphatic rings. The molecule has 1 N–H and O–H groups in total. The molecule has 1 unspecified atom stereocenters. The van der Waals surface area contributed by atoms with E-state index in [1.165, 1.54) is 26.2 Å². The molecule has 0 saturated carbocycles. The standard InChI is InChI=1S/C14H20FNO4/c1-10(14(17)19-3)20-13-5-4-11(8-12(13)15)9-16-6-7-18-2/h4-5,8,10,16H,6-7,9H2,1-3H3. The second-order valence-electron chi connectivity index (χ2n) is 4.22. The van der Waals surface area contributed by atoms with Crippen molar-refractivity contribution in [2.24, 2.45) is 0 Å². The molecule has 1 rings (SSSR count). The van der Waals surface area contributed by atoms with Gasteiger partial charge in [-0.25, -0.2) is 9.18 Å². The third-order valence-electron chi connectivity index (χ3n) is 2.65. The summed E-state index contributed by atoms with van der Waals surface area (Å²) in [4.78, 5) is 11.2. The first-order valence-corrected chi connectivity index (χ1v) is 6.31. The van der Waals surface area contributed by atoms with Crippen LogP contribution in [0.1, 0.15) is 12.5 Å². The fraction of sp³-hybridized carbons (Fsp3) is 0.500. The van der Waals surface area contributed by atoms with Gasteiger partial charge in [0.2, 0.25) is 0 Å². The predicted molar refractivity (Wildman–Crippen MR) is 72.1 cm³/mol. The molecule has 0 spiro atoms. The number of esters is 1. The number of methoxy groups -OCH3 is 2. The minimum atomic E-state index is -0.847. The van der Waals surface area contributed by atoms with Crippen LogP contribution in [0.15, 0.2) is 18.2 Å². The molecule has 0 fully saturated rings. The molecule has 20 heavy (non-hydrogen) atoms. The molecule has 0 heterocycles. The number of carbonyl (C=O) groups is 1. The monoisotopic (exact) mass is 285 g/mol. The topological polar surface area (TPSA) is 56.8 Å². The molecule has 1 aromatic carbocycles. The van der Waals surface area contributed by atoms with Crippen LogP contribution in [0.5, 0.6) is 5.75 Å². The van der Waals surface area contributed by atoms with Crippen LogP contribution in [0.4, 0.5) is 4.39 Å². The number of halogens is 1. The second kappa shape index (κ2) is 8.50. The third-order valence-corrected chi connectivity index (χ3v) is 2.65. The molecule has 0 aromatic heterocycles. The largest absolute Gasteiger partial charge is 0.476 e. The second-order valence-corrected chi connectivity index (χ2v) is 4.22. The zero-order valence-corrected chi connectivity index (χ0v) is 11.9. The fourth-order valence-electron chi connectivity index (χ4n) is 1.56. The van der Waals surface area contributed by atoms with Crippen LogP contribution in [0.3, 0.4) is 0 Å². The smallest absolute Gasteiger partial charge is 0.346 e. The Balaban J connectivity index is 2.57. The van der Waals surface area contributed by atoms with Crippen LogP contribution >= 0.6 is 0 Å². The van der Waals surface area contributed by atoms with Gasteiger partial charge in [-0.3, -0.25) is 0 Å². The summed E-state index contributed by atoms with van der Waals surface area (Å²) in [6, 6.07) is 4.61. The Morgan fingerprint density at radius 3 is 2.75 bits per heavy atom. The summed E-state index contributed by atoms with van der Waals surface area (Å²) in [6.07, 6.45) is -0.847. The summed E-state index contributed by atoms with van der Waals surface area (Å²) in [6.45, 7) is 3.33. The van der Waals surface area contributed by atoms with Crippen molar-refractivity contribution >= 4 is 5.97 Å². The van der Waals surface area contributed by atoms with Gasteiger partial charge in [-0.05, 0) is 24.6 Å². The van der Waals surface area contributed by atoms with E-state index in [9.17, 15) is 9.18 Å². The number of rotatable bonds is 8. The molecule has 0 aliphatic heterocycles. The summed E-state index contributed by atoms with van der Waals surface area (Å²) in [5.41, 5.74) is 0.789. The minimum Gasteiger partial charge on any atom is -0.476 e. The van der Waals surface area contributed by atoms with Crippen LogP contribution in [0.2, 0.25) is 0 Å². The number of ether oxygens (including phenoxy) is 3.